The van der Waals surface area contributed by atoms with Crippen LogP contribution in [0.1, 0.15) is 37.0 Å². The molecule has 0 fully saturated rings. The van der Waals surface area contributed by atoms with Gasteiger partial charge >= 0.3 is 0 Å². The van der Waals surface area contributed by atoms with Gasteiger partial charge in [0.2, 0.25) is 5.91 Å². The molecule has 1 aromatic carbocycles. The Morgan fingerprint density at radius 2 is 1.76 bits per heavy atom. The zero-order valence-corrected chi connectivity index (χ0v) is 16.7. The van der Waals surface area contributed by atoms with Crippen LogP contribution in [0.25, 0.3) is 0 Å². The van der Waals surface area contributed by atoms with Crippen molar-refractivity contribution in [2.75, 3.05) is 11.5 Å². The van der Waals surface area contributed by atoms with Gasteiger partial charge in [-0.2, -0.15) is 0 Å². The molecule has 1 amide bonds. The van der Waals surface area contributed by atoms with E-state index in [1.807, 2.05) is 37.3 Å². The second-order valence-electron chi connectivity index (χ2n) is 5.46. The minimum absolute atomic E-state index is 0.00890. The van der Waals surface area contributed by atoms with Crippen LogP contribution in [0.3, 0.4) is 0 Å². The fraction of sp³-hybridized carbons (Fsp3) is 0.412. The molecule has 0 radical (unpaired) electrons. The monoisotopic (exact) mass is 395 g/mol. The second-order valence-corrected chi connectivity index (χ2v) is 8.88. The van der Waals surface area contributed by atoms with E-state index in [-0.39, 0.29) is 17.7 Å². The smallest absolute Gasteiger partial charge is 0.230 e. The maximum Gasteiger partial charge on any atom is 0.230 e. The number of carbonyl (C=O) groups is 2. The van der Waals surface area contributed by atoms with E-state index < -0.39 is 0 Å². The van der Waals surface area contributed by atoms with Crippen LogP contribution in [0.5, 0.6) is 0 Å². The Morgan fingerprint density at radius 3 is 2.40 bits per heavy atom. The number of aromatic nitrogens is 2. The molecule has 1 N–H and O–H groups in total. The molecule has 0 unspecified atom stereocenters. The summed E-state index contributed by atoms with van der Waals surface area (Å²) in [6.45, 7) is 4.11. The number of Topliss-reactive ketones (excluding diaryl/α,β-unsaturated/α-hetero) is 1. The van der Waals surface area contributed by atoms with Crippen molar-refractivity contribution >= 4 is 46.6 Å². The first-order chi connectivity index (χ1) is 12.1. The lowest BCUT2D eigenvalue weighted by atomic mass is 10.2. The fourth-order valence-electron chi connectivity index (χ4n) is 2.10. The van der Waals surface area contributed by atoms with Gasteiger partial charge in [0.25, 0.3) is 0 Å². The van der Waals surface area contributed by atoms with Gasteiger partial charge in [0, 0.05) is 11.6 Å². The number of rotatable bonds is 10. The average Bonchev–Trinajstić information content (AvgIpc) is 3.07. The molecular weight excluding hydrogens is 374 g/mol. The van der Waals surface area contributed by atoms with Crippen LogP contribution in [-0.4, -0.2) is 39.4 Å². The number of nitrogens with one attached hydrogen (secondary N) is 1. The minimum atomic E-state index is 0.00890. The van der Waals surface area contributed by atoms with Gasteiger partial charge in [-0.15, -0.1) is 10.2 Å². The lowest BCUT2D eigenvalue weighted by Crippen LogP contribution is -2.33. The van der Waals surface area contributed by atoms with Gasteiger partial charge in [0.05, 0.1) is 11.5 Å². The highest BCUT2D eigenvalue weighted by Crippen LogP contribution is 2.29. The van der Waals surface area contributed by atoms with Gasteiger partial charge in [0.1, 0.15) is 0 Å². The minimum Gasteiger partial charge on any atom is -0.353 e. The van der Waals surface area contributed by atoms with Crippen molar-refractivity contribution in [1.29, 1.82) is 0 Å². The molecule has 25 heavy (non-hydrogen) atoms. The summed E-state index contributed by atoms with van der Waals surface area (Å²) in [7, 11) is 0. The summed E-state index contributed by atoms with van der Waals surface area (Å²) in [6.07, 6.45) is 2.03. The number of amides is 1. The van der Waals surface area contributed by atoms with Crippen molar-refractivity contribution < 1.29 is 9.59 Å². The maximum absolute atomic E-state index is 12.1. The highest BCUT2D eigenvalue weighted by atomic mass is 32.2. The maximum atomic E-state index is 12.1. The van der Waals surface area contributed by atoms with Gasteiger partial charge in [0.15, 0.2) is 14.5 Å². The van der Waals surface area contributed by atoms with Crippen LogP contribution in [0.15, 0.2) is 39.0 Å². The van der Waals surface area contributed by atoms with Crippen LogP contribution in [0, 0.1) is 0 Å². The van der Waals surface area contributed by atoms with Crippen molar-refractivity contribution in [3.8, 4) is 0 Å². The number of hydrogen-bond acceptors (Lipinski definition) is 7. The van der Waals surface area contributed by atoms with E-state index in [1.165, 1.54) is 34.9 Å². The van der Waals surface area contributed by atoms with Crippen LogP contribution in [0.2, 0.25) is 0 Å². The largest absolute Gasteiger partial charge is 0.353 e. The molecule has 1 atom stereocenters. The van der Waals surface area contributed by atoms with Gasteiger partial charge in [-0.05, 0) is 13.3 Å². The molecule has 5 nitrogen and oxygen atoms in total. The summed E-state index contributed by atoms with van der Waals surface area (Å²) in [5.74, 6) is 0.739. The third-order valence-corrected chi connectivity index (χ3v) is 6.46. The van der Waals surface area contributed by atoms with Crippen molar-refractivity contribution in [1.82, 2.24) is 15.5 Å². The average molecular weight is 396 g/mol. The number of ketones is 1. The van der Waals surface area contributed by atoms with Crippen molar-refractivity contribution in [3.05, 3.63) is 35.9 Å². The topological polar surface area (TPSA) is 72.0 Å². The van der Waals surface area contributed by atoms with E-state index in [4.69, 9.17) is 0 Å². The number of benzene rings is 1. The fourth-order valence-corrected chi connectivity index (χ4v) is 4.82. The molecule has 1 aromatic heterocycles. The van der Waals surface area contributed by atoms with Gasteiger partial charge in [-0.25, -0.2) is 0 Å². The van der Waals surface area contributed by atoms with Gasteiger partial charge < -0.3 is 5.32 Å². The van der Waals surface area contributed by atoms with Crippen molar-refractivity contribution in [2.24, 2.45) is 0 Å². The first-order valence-electron chi connectivity index (χ1n) is 8.05. The number of carbonyl (C=O) groups excluding carboxylic acids is 2. The van der Waals surface area contributed by atoms with Crippen LogP contribution in [0.4, 0.5) is 0 Å². The Bertz CT molecular complexity index is 691. The van der Waals surface area contributed by atoms with Crippen molar-refractivity contribution in [2.45, 2.75) is 41.4 Å². The van der Waals surface area contributed by atoms with Crippen LogP contribution in [-0.2, 0) is 4.79 Å². The molecule has 0 spiro atoms. The zero-order chi connectivity index (χ0) is 18.1. The Balaban J connectivity index is 1.74. The zero-order valence-electron chi connectivity index (χ0n) is 14.2. The molecule has 134 valence electrons. The SMILES string of the molecule is CCC[C@H](C)NC(=O)CSc1nnc(SCC(=O)c2ccccc2)s1. The van der Waals surface area contributed by atoms with E-state index in [0.29, 0.717) is 17.1 Å². The second kappa shape index (κ2) is 10.6. The first-order valence-corrected chi connectivity index (χ1v) is 10.8. The number of nitrogens with zero attached hydrogens (tertiary/aromatic N) is 2. The molecule has 0 bridgehead atoms. The quantitative estimate of drug-likeness (QED) is 0.486. The summed E-state index contributed by atoms with van der Waals surface area (Å²) < 4.78 is 1.49. The van der Waals surface area contributed by atoms with E-state index in [1.54, 1.807) is 0 Å². The highest BCUT2D eigenvalue weighted by molar-refractivity contribution is 8.03. The summed E-state index contributed by atoms with van der Waals surface area (Å²) in [5.41, 5.74) is 0.701. The molecule has 8 heteroatoms. The van der Waals surface area contributed by atoms with Gasteiger partial charge in [-0.1, -0.05) is 78.5 Å². The lowest BCUT2D eigenvalue weighted by molar-refractivity contribution is -0.119. The summed E-state index contributed by atoms with van der Waals surface area (Å²) in [6, 6.07) is 9.40. The Hall–Kier alpha value is -1.38. The van der Waals surface area contributed by atoms with E-state index in [0.717, 1.165) is 21.5 Å². The predicted molar refractivity (Wildman–Crippen MR) is 105 cm³/mol. The number of thioether (sulfide) groups is 2. The molecule has 0 aliphatic rings. The van der Waals surface area contributed by atoms with Crippen molar-refractivity contribution in [3.63, 3.8) is 0 Å². The van der Waals surface area contributed by atoms with E-state index in [9.17, 15) is 9.59 Å². The van der Waals surface area contributed by atoms with E-state index in [2.05, 4.69) is 22.4 Å². The summed E-state index contributed by atoms with van der Waals surface area (Å²) in [5, 5.41) is 11.1. The van der Waals surface area contributed by atoms with Crippen LogP contribution < -0.4 is 5.32 Å². The molecule has 0 aliphatic carbocycles. The van der Waals surface area contributed by atoms with E-state index >= 15 is 0 Å². The Morgan fingerprint density at radius 1 is 1.12 bits per heavy atom. The third-order valence-electron chi connectivity index (χ3n) is 3.27. The molecule has 0 saturated heterocycles. The molecule has 0 saturated carbocycles. The molecule has 2 aromatic rings. The number of hydrogen-bond donors (Lipinski definition) is 1. The van der Waals surface area contributed by atoms with Gasteiger partial charge in [-0.3, -0.25) is 9.59 Å². The first kappa shape index (κ1) is 19.9. The van der Waals surface area contributed by atoms with Crippen LogP contribution >= 0.6 is 34.9 Å². The lowest BCUT2D eigenvalue weighted by Gasteiger charge is -2.11. The molecule has 2 rings (SSSR count). The highest BCUT2D eigenvalue weighted by Gasteiger charge is 2.12. The molecular formula is C17H21N3O2S3. The molecule has 1 heterocycles. The normalized spacial score (nSPS) is 11.9. The predicted octanol–water partition coefficient (Wildman–Crippen LogP) is 3.91. The summed E-state index contributed by atoms with van der Waals surface area (Å²) in [4.78, 5) is 23.9. The Kier molecular flexibility index (Phi) is 8.43. The third kappa shape index (κ3) is 7.17. The summed E-state index contributed by atoms with van der Waals surface area (Å²) >= 11 is 4.16. The Labute approximate surface area is 160 Å². The standard InChI is InChI=1S/C17H21N3O2S3/c1-3-7-12(2)18-15(22)11-24-17-20-19-16(25-17)23-10-14(21)13-8-5-4-6-9-13/h4-6,8-9,12H,3,7,10-11H2,1-2H3,(H,18,22)/t12-/m0/s1. The molecule has 0 aliphatic heterocycles.